The molecule has 9 nitrogen and oxygen atoms in total. The Labute approximate surface area is 217 Å². The number of rotatable bonds is 10. The van der Waals surface area contributed by atoms with Gasteiger partial charge in [-0.2, -0.15) is 4.98 Å². The minimum absolute atomic E-state index is 0.0115. The van der Waals surface area contributed by atoms with Crippen molar-refractivity contribution in [2.75, 3.05) is 25.8 Å². The smallest absolute Gasteiger partial charge is 0.351 e. The second-order valence-corrected chi connectivity index (χ2v) is 15.3. The highest BCUT2D eigenvalue weighted by molar-refractivity contribution is 6.74. The molecule has 2 heterocycles. The summed E-state index contributed by atoms with van der Waals surface area (Å²) in [6, 6.07) is 8.25. The molecule has 0 saturated carbocycles. The van der Waals surface area contributed by atoms with Gasteiger partial charge in [-0.15, -0.1) is 6.58 Å². The van der Waals surface area contributed by atoms with Gasteiger partial charge in [-0.05, 0) is 30.3 Å². The molecule has 0 spiro atoms. The van der Waals surface area contributed by atoms with E-state index < -0.39 is 49.5 Å². The highest BCUT2D eigenvalue weighted by atomic mass is 28.4. The monoisotopic (exact) mass is 533 g/mol. The maximum absolute atomic E-state index is 15.0. The molecule has 1 aromatic heterocycles. The number of anilines is 1. The second-order valence-electron chi connectivity index (χ2n) is 10.5. The summed E-state index contributed by atoms with van der Waals surface area (Å²) < 4.78 is 39.7. The summed E-state index contributed by atoms with van der Waals surface area (Å²) in [4.78, 5) is 29.1. The highest BCUT2D eigenvalue weighted by Gasteiger charge is 2.51. The molecule has 3 atom stereocenters. The average Bonchev–Trinajstić information content (AvgIpc) is 3.22. The van der Waals surface area contributed by atoms with E-state index in [1.165, 1.54) is 7.11 Å². The number of halogens is 1. The van der Waals surface area contributed by atoms with Gasteiger partial charge in [-0.1, -0.05) is 45.0 Å². The van der Waals surface area contributed by atoms with Crippen molar-refractivity contribution in [3.63, 3.8) is 0 Å². The van der Waals surface area contributed by atoms with Gasteiger partial charge in [-0.25, -0.2) is 9.18 Å². The molecule has 2 aromatic rings. The Balaban J connectivity index is 1.86. The Kier molecular flexibility index (Phi) is 8.86. The number of nitrogens with one attached hydrogen (secondary N) is 1. The van der Waals surface area contributed by atoms with Crippen LogP contribution in [0.25, 0.3) is 0 Å². The van der Waals surface area contributed by atoms with Gasteiger partial charge in [0.15, 0.2) is 20.0 Å². The number of hydrogen-bond acceptors (Lipinski definition) is 7. The molecule has 0 radical (unpaired) electrons. The molecular weight excluding hydrogens is 497 g/mol. The van der Waals surface area contributed by atoms with E-state index in [9.17, 15) is 14.0 Å². The maximum Gasteiger partial charge on any atom is 0.351 e. The van der Waals surface area contributed by atoms with E-state index >= 15 is 0 Å². The van der Waals surface area contributed by atoms with Crippen molar-refractivity contribution in [2.45, 2.75) is 63.3 Å². The first-order valence-corrected chi connectivity index (χ1v) is 15.0. The van der Waals surface area contributed by atoms with Crippen LogP contribution in [0.15, 0.2) is 54.0 Å². The molecule has 1 aliphatic rings. The topological polar surface area (TPSA) is 101 Å². The second kappa shape index (κ2) is 11.4. The van der Waals surface area contributed by atoms with Crippen LogP contribution in [0.2, 0.25) is 18.1 Å². The molecule has 1 saturated heterocycles. The van der Waals surface area contributed by atoms with Crippen molar-refractivity contribution in [3.05, 3.63) is 71.0 Å². The SMILES string of the molecule is C=C[C@]1(CO[Si](C)(C)C(C)(C)C)O[C@@H](n2cc(F)c(NC(=O)c3ccccc3)nc2=O)C[C@@H]1OCOC. The molecule has 0 bridgehead atoms. The number of aromatic nitrogens is 2. The van der Waals surface area contributed by atoms with Crippen LogP contribution < -0.4 is 11.0 Å². The van der Waals surface area contributed by atoms with Gasteiger partial charge in [0.1, 0.15) is 18.6 Å². The first-order chi connectivity index (χ1) is 17.3. The molecule has 3 rings (SSSR count). The van der Waals surface area contributed by atoms with Crippen LogP contribution in [-0.2, 0) is 18.6 Å². The van der Waals surface area contributed by atoms with Crippen LogP contribution in [0.1, 0.15) is 43.8 Å². The molecule has 1 aliphatic heterocycles. The number of hydrogen-bond donors (Lipinski definition) is 1. The van der Waals surface area contributed by atoms with Gasteiger partial charge in [0, 0.05) is 19.1 Å². The summed E-state index contributed by atoms with van der Waals surface area (Å²) in [6.45, 7) is 14.7. The quantitative estimate of drug-likeness (QED) is 0.273. The fourth-order valence-electron chi connectivity index (χ4n) is 3.67. The van der Waals surface area contributed by atoms with E-state index in [2.05, 4.69) is 50.7 Å². The van der Waals surface area contributed by atoms with Crippen molar-refractivity contribution in [1.82, 2.24) is 9.55 Å². The minimum Gasteiger partial charge on any atom is -0.413 e. The zero-order chi connectivity index (χ0) is 27.4. The van der Waals surface area contributed by atoms with Crippen LogP contribution >= 0.6 is 0 Å². The summed E-state index contributed by atoms with van der Waals surface area (Å²) >= 11 is 0. The Morgan fingerprint density at radius 3 is 2.62 bits per heavy atom. The maximum atomic E-state index is 15.0. The number of carbonyl (C=O) groups excluding carboxylic acids is 1. The molecule has 1 amide bonds. The van der Waals surface area contributed by atoms with E-state index in [-0.39, 0.29) is 24.9 Å². The van der Waals surface area contributed by atoms with E-state index in [1.54, 1.807) is 36.4 Å². The van der Waals surface area contributed by atoms with E-state index in [4.69, 9.17) is 18.6 Å². The predicted molar refractivity (Wildman–Crippen MR) is 140 cm³/mol. The molecular formula is C26H36FN3O6Si. The van der Waals surface area contributed by atoms with Crippen LogP contribution in [-0.4, -0.2) is 56.0 Å². The third-order valence-corrected chi connectivity index (χ3v) is 11.5. The largest absolute Gasteiger partial charge is 0.413 e. The standard InChI is InChI=1S/C26H36FN3O6Si/c1-8-26(16-35-37(6,7)25(2,3)4)20(34-17-33-5)14-21(36-26)30-15-19(27)22(29-24(30)32)28-23(31)18-12-10-9-11-13-18/h8-13,15,20-21H,1,14,16-17H2,2-7H3,(H,28,29,31,32)/t20-,21+,26+/m0/s1. The number of ether oxygens (including phenoxy) is 3. The molecule has 1 aromatic carbocycles. The van der Waals surface area contributed by atoms with Gasteiger partial charge >= 0.3 is 5.69 Å². The number of nitrogens with zero attached hydrogens (tertiary/aromatic N) is 2. The first-order valence-electron chi connectivity index (χ1n) is 12.0. The number of amides is 1. The number of benzene rings is 1. The van der Waals surface area contributed by atoms with Crippen LogP contribution in [0.5, 0.6) is 0 Å². The first kappa shape index (κ1) is 28.9. The Morgan fingerprint density at radius 2 is 2.03 bits per heavy atom. The van der Waals surface area contributed by atoms with E-state index in [0.717, 1.165) is 10.8 Å². The lowest BCUT2D eigenvalue weighted by Crippen LogP contribution is -2.50. The van der Waals surface area contributed by atoms with Gasteiger partial charge < -0.3 is 24.0 Å². The third-order valence-electron chi connectivity index (χ3n) is 7.00. The predicted octanol–water partition coefficient (Wildman–Crippen LogP) is 4.49. The molecule has 37 heavy (non-hydrogen) atoms. The fraction of sp³-hybridized carbons (Fsp3) is 0.500. The zero-order valence-electron chi connectivity index (χ0n) is 22.2. The van der Waals surface area contributed by atoms with Gasteiger partial charge in [-0.3, -0.25) is 9.36 Å². The van der Waals surface area contributed by atoms with Crippen molar-refractivity contribution in [1.29, 1.82) is 0 Å². The average molecular weight is 534 g/mol. The molecule has 11 heteroatoms. The molecule has 1 N–H and O–H groups in total. The van der Waals surface area contributed by atoms with E-state index in [0.29, 0.717) is 5.56 Å². The molecule has 0 aliphatic carbocycles. The summed E-state index contributed by atoms with van der Waals surface area (Å²) in [7, 11) is -0.663. The molecule has 1 fully saturated rings. The normalized spacial score (nSPS) is 22.1. The summed E-state index contributed by atoms with van der Waals surface area (Å²) in [5, 5.41) is 2.31. The van der Waals surface area contributed by atoms with Gasteiger partial charge in [0.25, 0.3) is 5.91 Å². The Bertz CT molecular complexity index is 1170. The molecule has 0 unspecified atom stereocenters. The molecule has 202 valence electrons. The number of methoxy groups -OCH3 is 1. The lowest BCUT2D eigenvalue weighted by Gasteiger charge is -2.40. The van der Waals surface area contributed by atoms with Crippen molar-refractivity contribution in [2.24, 2.45) is 0 Å². The number of carbonyl (C=O) groups is 1. The van der Waals surface area contributed by atoms with Crippen molar-refractivity contribution >= 4 is 20.0 Å². The summed E-state index contributed by atoms with van der Waals surface area (Å²) in [6.07, 6.45) is 1.29. The van der Waals surface area contributed by atoms with Gasteiger partial charge in [0.2, 0.25) is 0 Å². The van der Waals surface area contributed by atoms with Gasteiger partial charge in [0.05, 0.1) is 18.9 Å². The van der Waals surface area contributed by atoms with Crippen molar-refractivity contribution in [3.8, 4) is 0 Å². The van der Waals surface area contributed by atoms with Crippen LogP contribution in [0.3, 0.4) is 0 Å². The van der Waals surface area contributed by atoms with Crippen LogP contribution in [0.4, 0.5) is 10.2 Å². The lowest BCUT2D eigenvalue weighted by molar-refractivity contribution is -0.139. The fourth-order valence-corrected chi connectivity index (χ4v) is 4.69. The minimum atomic E-state index is -2.16. The third kappa shape index (κ3) is 6.42. The Morgan fingerprint density at radius 1 is 1.35 bits per heavy atom. The van der Waals surface area contributed by atoms with Crippen LogP contribution in [0, 0.1) is 5.82 Å². The van der Waals surface area contributed by atoms with Crippen molar-refractivity contribution < 1.29 is 27.8 Å². The highest BCUT2D eigenvalue weighted by Crippen LogP contribution is 2.42. The lowest BCUT2D eigenvalue weighted by atomic mass is 9.98. The summed E-state index contributed by atoms with van der Waals surface area (Å²) in [5.41, 5.74) is -1.58. The summed E-state index contributed by atoms with van der Waals surface area (Å²) in [5.74, 6) is -1.92. The van der Waals surface area contributed by atoms with E-state index in [1.807, 2.05) is 0 Å². The zero-order valence-corrected chi connectivity index (χ0v) is 23.2. The Hall–Kier alpha value is -2.70.